The molecule has 1 atom stereocenters. The molecular weight excluding hydrogens is 544 g/mol. The van der Waals surface area contributed by atoms with E-state index in [-0.39, 0.29) is 41.6 Å². The highest BCUT2D eigenvalue weighted by Gasteiger charge is 2.32. The van der Waals surface area contributed by atoms with Crippen molar-refractivity contribution < 1.29 is 26.9 Å². The molecule has 3 aromatic heterocycles. The van der Waals surface area contributed by atoms with E-state index in [0.717, 1.165) is 4.57 Å². The van der Waals surface area contributed by atoms with Gasteiger partial charge < -0.3 is 23.9 Å². The molecule has 0 saturated carbocycles. The number of hydrogen-bond donors (Lipinski definition) is 1. The number of hydrogen-bond acceptors (Lipinski definition) is 7. The van der Waals surface area contributed by atoms with Gasteiger partial charge in [-0.05, 0) is 46.0 Å². The summed E-state index contributed by atoms with van der Waals surface area (Å²) in [6.07, 6.45) is -2.40. The summed E-state index contributed by atoms with van der Waals surface area (Å²) in [6, 6.07) is 6.26. The number of nitrogens with one attached hydrogen (secondary N) is 1. The minimum atomic E-state index is -4.54. The Balaban J connectivity index is 1.45. The van der Waals surface area contributed by atoms with Gasteiger partial charge in [-0.15, -0.1) is 0 Å². The summed E-state index contributed by atoms with van der Waals surface area (Å²) >= 11 is 0. The van der Waals surface area contributed by atoms with Gasteiger partial charge in [-0.1, -0.05) is 11.2 Å². The number of alkyl halides is 4. The van der Waals surface area contributed by atoms with E-state index in [9.17, 15) is 22.4 Å². The number of piperidine rings is 1. The fourth-order valence-corrected chi connectivity index (χ4v) is 4.79. The van der Waals surface area contributed by atoms with Crippen LogP contribution in [0.3, 0.4) is 0 Å². The first-order valence-corrected chi connectivity index (χ1v) is 13.0. The molecule has 218 valence electrons. The lowest BCUT2D eigenvalue weighted by Crippen LogP contribution is -2.39. The van der Waals surface area contributed by atoms with E-state index in [4.69, 9.17) is 4.52 Å². The van der Waals surface area contributed by atoms with Gasteiger partial charge in [0, 0.05) is 30.4 Å². The second kappa shape index (κ2) is 10.7. The van der Waals surface area contributed by atoms with Crippen LogP contribution in [0.15, 0.2) is 46.3 Å². The number of imidazole rings is 1. The number of carbonyl (C=O) groups excluding carboxylic acids is 1. The van der Waals surface area contributed by atoms with E-state index in [1.54, 1.807) is 23.0 Å². The highest BCUT2D eigenvalue weighted by Crippen LogP contribution is 2.35. The number of nitrogens with zero attached hydrogens (tertiary/aromatic N) is 7. The van der Waals surface area contributed by atoms with Gasteiger partial charge in [-0.3, -0.25) is 9.79 Å². The van der Waals surface area contributed by atoms with E-state index < -0.39 is 24.8 Å². The van der Waals surface area contributed by atoms with Crippen molar-refractivity contribution in [3.05, 3.63) is 48.4 Å². The maximum Gasteiger partial charge on any atom is 0.406 e. The molecule has 10 nitrogen and oxygen atoms in total. The number of carbonyl (C=O) groups is 1. The molecule has 5 rings (SSSR count). The number of likely N-dealkylation sites (tertiary alicyclic amines) is 1. The van der Waals surface area contributed by atoms with Crippen LogP contribution in [0.25, 0.3) is 22.4 Å². The predicted molar refractivity (Wildman–Crippen MR) is 144 cm³/mol. The van der Waals surface area contributed by atoms with Gasteiger partial charge in [0.2, 0.25) is 11.7 Å². The Morgan fingerprint density at radius 1 is 1.24 bits per heavy atom. The Kier molecular flexibility index (Phi) is 7.45. The lowest BCUT2D eigenvalue weighted by Gasteiger charge is -2.26. The second-order valence-electron chi connectivity index (χ2n) is 11.0. The van der Waals surface area contributed by atoms with Crippen molar-refractivity contribution in [1.29, 1.82) is 0 Å². The van der Waals surface area contributed by atoms with Gasteiger partial charge in [-0.2, -0.15) is 18.2 Å². The van der Waals surface area contributed by atoms with Crippen LogP contribution in [0.5, 0.6) is 0 Å². The first-order chi connectivity index (χ1) is 19.3. The third-order valence-electron chi connectivity index (χ3n) is 6.80. The zero-order valence-corrected chi connectivity index (χ0v) is 23.0. The van der Waals surface area contributed by atoms with Crippen LogP contribution in [0.4, 0.5) is 23.2 Å². The van der Waals surface area contributed by atoms with Crippen molar-refractivity contribution >= 4 is 28.2 Å². The molecule has 0 aliphatic carbocycles. The Morgan fingerprint density at radius 2 is 2.02 bits per heavy atom. The third kappa shape index (κ3) is 6.16. The normalized spacial score (nSPS) is 18.0. The molecule has 4 aromatic rings. The van der Waals surface area contributed by atoms with E-state index in [1.165, 1.54) is 18.3 Å². The highest BCUT2D eigenvalue weighted by atomic mass is 19.4. The molecule has 0 unspecified atom stereocenters. The van der Waals surface area contributed by atoms with Gasteiger partial charge >= 0.3 is 6.18 Å². The monoisotopic (exact) mass is 574 g/mol. The lowest BCUT2D eigenvalue weighted by atomic mass is 10.1. The zero-order valence-electron chi connectivity index (χ0n) is 23.0. The maximum absolute atomic E-state index is 14.7. The van der Waals surface area contributed by atoms with Crippen LogP contribution in [0, 0.1) is 0 Å². The van der Waals surface area contributed by atoms with Crippen LogP contribution in [-0.4, -0.2) is 73.3 Å². The molecule has 1 aliphatic heterocycles. The Bertz CT molecular complexity index is 1590. The summed E-state index contributed by atoms with van der Waals surface area (Å²) in [5, 5.41) is 6.97. The summed E-state index contributed by atoms with van der Waals surface area (Å²) in [4.78, 5) is 27.4. The van der Waals surface area contributed by atoms with Crippen LogP contribution in [-0.2, 0) is 18.6 Å². The largest absolute Gasteiger partial charge is 0.406 e. The number of fused-ring (bicyclic) bond motifs is 1. The average Bonchev–Trinajstić information content (AvgIpc) is 3.62. The van der Waals surface area contributed by atoms with Crippen molar-refractivity contribution in [3.63, 3.8) is 0 Å². The van der Waals surface area contributed by atoms with Crippen LogP contribution >= 0.6 is 0 Å². The first kappa shape index (κ1) is 28.5. The van der Waals surface area contributed by atoms with Gasteiger partial charge in [0.1, 0.15) is 12.2 Å². The second-order valence-corrected chi connectivity index (χ2v) is 11.0. The number of halogens is 4. The topological polar surface area (TPSA) is 106 Å². The highest BCUT2D eigenvalue weighted by molar-refractivity contribution is 5.99. The summed E-state index contributed by atoms with van der Waals surface area (Å²) < 4.78 is 63.6. The molecule has 1 saturated heterocycles. The first-order valence-electron chi connectivity index (χ1n) is 13.0. The van der Waals surface area contributed by atoms with Crippen molar-refractivity contribution in [2.75, 3.05) is 20.1 Å². The maximum atomic E-state index is 14.7. The van der Waals surface area contributed by atoms with Gasteiger partial charge in [-0.25, -0.2) is 9.37 Å². The Morgan fingerprint density at radius 3 is 2.73 bits per heavy atom. The quantitative estimate of drug-likeness (QED) is 0.329. The minimum absolute atomic E-state index is 0.00560. The van der Waals surface area contributed by atoms with E-state index in [0.29, 0.717) is 35.4 Å². The van der Waals surface area contributed by atoms with E-state index in [2.05, 4.69) is 25.4 Å². The molecule has 0 spiro atoms. The van der Waals surface area contributed by atoms with Crippen LogP contribution in [0.1, 0.15) is 43.6 Å². The molecule has 1 aliphatic rings. The van der Waals surface area contributed by atoms with Crippen molar-refractivity contribution in [1.82, 2.24) is 34.5 Å². The van der Waals surface area contributed by atoms with Crippen LogP contribution < -0.4 is 5.32 Å². The lowest BCUT2D eigenvalue weighted by molar-refractivity contribution is -0.139. The van der Waals surface area contributed by atoms with Crippen molar-refractivity contribution in [3.8, 4) is 11.5 Å². The molecular formula is C27H30F4N8O2. The molecule has 1 N–H and O–H groups in total. The summed E-state index contributed by atoms with van der Waals surface area (Å²) in [5.41, 5.74) is 0.964. The fourth-order valence-electron chi connectivity index (χ4n) is 4.79. The molecule has 0 bridgehead atoms. The number of aliphatic imine (C=N–C) groups is 1. The molecule has 4 heterocycles. The van der Waals surface area contributed by atoms with E-state index >= 15 is 0 Å². The van der Waals surface area contributed by atoms with E-state index in [1.807, 2.05) is 32.7 Å². The Hall–Kier alpha value is -4.07. The SMILES string of the molecule is CN1CC/C(=N\c2cccc3c2cc(-c2noc(CNC(=O)c4cncn4C(C)(C)C)n2)n3CC(F)(F)F)[C@@H](F)C1. The number of benzene rings is 1. The number of aromatic nitrogens is 5. The van der Waals surface area contributed by atoms with Gasteiger partial charge in [0.15, 0.2) is 6.17 Å². The molecule has 14 heteroatoms. The molecule has 41 heavy (non-hydrogen) atoms. The predicted octanol–water partition coefficient (Wildman–Crippen LogP) is 4.88. The van der Waals surface area contributed by atoms with Gasteiger partial charge in [0.05, 0.1) is 41.7 Å². The smallest absolute Gasteiger partial charge is 0.342 e. The summed E-state index contributed by atoms with van der Waals surface area (Å²) in [6.45, 7) is 5.17. The summed E-state index contributed by atoms with van der Waals surface area (Å²) in [7, 11) is 1.82. The van der Waals surface area contributed by atoms with Crippen molar-refractivity contribution in [2.45, 2.75) is 58.2 Å². The summed E-state index contributed by atoms with van der Waals surface area (Å²) in [5.74, 6) is -0.506. The molecule has 1 amide bonds. The third-order valence-corrected chi connectivity index (χ3v) is 6.80. The molecule has 1 aromatic carbocycles. The van der Waals surface area contributed by atoms with Gasteiger partial charge in [0.25, 0.3) is 5.91 Å². The minimum Gasteiger partial charge on any atom is -0.342 e. The standard InChI is InChI=1S/C27H30F4N8O2/c1-26(2,3)39-15-32-11-22(39)25(40)33-12-23-35-24(36-41-23)21-10-16-18(34-19-8-9-37(4)13-17(19)28)6-5-7-20(16)38(21)14-27(29,30)31/h5-7,10-11,15,17H,8-9,12-14H2,1-4H3,(H,33,40)/b34-19+/t17-/m0/s1. The Labute approximate surface area is 233 Å². The number of amides is 1. The van der Waals surface area contributed by atoms with Crippen LogP contribution in [0.2, 0.25) is 0 Å². The average molecular weight is 575 g/mol. The zero-order chi connectivity index (χ0) is 29.5. The molecule has 1 fully saturated rings. The number of rotatable bonds is 6. The fraction of sp³-hybridized carbons (Fsp3) is 0.444. The van der Waals surface area contributed by atoms with Crippen molar-refractivity contribution in [2.24, 2.45) is 4.99 Å². The molecule has 0 radical (unpaired) electrons.